The van der Waals surface area contributed by atoms with E-state index < -0.39 is 0 Å². The maximum absolute atomic E-state index is 11.4. The Kier molecular flexibility index (Phi) is 6.62. The first-order valence-corrected chi connectivity index (χ1v) is 10.4. The van der Waals surface area contributed by atoms with E-state index in [1.54, 1.807) is 6.08 Å². The van der Waals surface area contributed by atoms with Crippen LogP contribution in [0.4, 0.5) is 0 Å². The first kappa shape index (κ1) is 18.5. The highest BCUT2D eigenvalue weighted by atomic mass is 16.1. The van der Waals surface area contributed by atoms with Crippen LogP contribution < -0.4 is 0 Å². The van der Waals surface area contributed by atoms with Crippen molar-refractivity contribution in [2.24, 2.45) is 27.7 Å². The van der Waals surface area contributed by atoms with Gasteiger partial charge in [0.1, 0.15) is 0 Å². The molecule has 4 heteroatoms. The van der Waals surface area contributed by atoms with Gasteiger partial charge in [-0.25, -0.2) is 14.6 Å². The van der Waals surface area contributed by atoms with Crippen molar-refractivity contribution in [3.8, 4) is 0 Å². The normalized spacial score (nSPS) is 32.0. The Bertz CT molecular complexity index is 496. The van der Waals surface area contributed by atoms with E-state index in [0.29, 0.717) is 17.8 Å². The predicted molar refractivity (Wildman–Crippen MR) is 97.9 cm³/mol. The molecule has 0 N–H and O–H groups in total. The number of carbonyl (C=O) groups excluding carboxylic acids is 2. The summed E-state index contributed by atoms with van der Waals surface area (Å²) >= 11 is 0. The standard InChI is InChI=1S/C21H32N2O2/c24-15-22-19-11-13-21(14-12-19,23-16-25)20(17-7-3-1-4-8-17)18-9-5-2-6-10-18/h17-20H,1-14H2. The molecule has 138 valence electrons. The van der Waals surface area contributed by atoms with Crippen LogP contribution in [-0.4, -0.2) is 23.7 Å². The van der Waals surface area contributed by atoms with Gasteiger partial charge in [0.05, 0.1) is 11.6 Å². The van der Waals surface area contributed by atoms with Gasteiger partial charge >= 0.3 is 0 Å². The minimum absolute atomic E-state index is 0.0749. The zero-order chi connectivity index (χ0) is 17.5. The lowest BCUT2D eigenvalue weighted by Crippen LogP contribution is -2.48. The molecule has 0 aromatic rings. The predicted octanol–water partition coefficient (Wildman–Crippen LogP) is 5.12. The van der Waals surface area contributed by atoms with Gasteiger partial charge in [0.2, 0.25) is 12.2 Å². The molecule has 0 amide bonds. The quantitative estimate of drug-likeness (QED) is 0.513. The Hall–Kier alpha value is -1.24. The summed E-state index contributed by atoms with van der Waals surface area (Å²) in [5.74, 6) is 1.94. The molecule has 3 aliphatic rings. The van der Waals surface area contributed by atoms with E-state index >= 15 is 0 Å². The van der Waals surface area contributed by atoms with Crippen LogP contribution in [0.15, 0.2) is 9.98 Å². The second-order valence-corrected chi connectivity index (χ2v) is 8.58. The lowest BCUT2D eigenvalue weighted by atomic mass is 9.58. The molecule has 3 saturated carbocycles. The van der Waals surface area contributed by atoms with Gasteiger partial charge in [0, 0.05) is 0 Å². The van der Waals surface area contributed by atoms with Crippen molar-refractivity contribution in [3.05, 3.63) is 0 Å². The van der Waals surface area contributed by atoms with Crippen LogP contribution >= 0.6 is 0 Å². The highest BCUT2D eigenvalue weighted by Gasteiger charge is 2.48. The summed E-state index contributed by atoms with van der Waals surface area (Å²) in [6.07, 6.45) is 20.4. The monoisotopic (exact) mass is 344 g/mol. The van der Waals surface area contributed by atoms with Gasteiger partial charge in [-0.05, 0) is 43.4 Å². The van der Waals surface area contributed by atoms with Gasteiger partial charge < -0.3 is 0 Å². The second kappa shape index (κ2) is 8.92. The number of aliphatic imine (C=N–C) groups is 2. The molecule has 0 heterocycles. The molecule has 0 bridgehead atoms. The number of nitrogens with zero attached hydrogens (tertiary/aromatic N) is 2. The van der Waals surface area contributed by atoms with Crippen LogP contribution in [0.1, 0.15) is 89.9 Å². The van der Waals surface area contributed by atoms with E-state index in [-0.39, 0.29) is 11.6 Å². The molecule has 0 aromatic heterocycles. The molecule has 0 spiro atoms. The van der Waals surface area contributed by atoms with Crippen molar-refractivity contribution in [2.75, 3.05) is 0 Å². The lowest BCUT2D eigenvalue weighted by Gasteiger charge is -2.49. The van der Waals surface area contributed by atoms with Gasteiger partial charge in [-0.2, -0.15) is 4.99 Å². The van der Waals surface area contributed by atoms with Crippen molar-refractivity contribution in [2.45, 2.75) is 101 Å². The topological polar surface area (TPSA) is 58.9 Å². The molecule has 3 fully saturated rings. The molecule has 0 aliphatic heterocycles. The van der Waals surface area contributed by atoms with E-state index in [1.807, 2.05) is 6.08 Å². The summed E-state index contributed by atoms with van der Waals surface area (Å²) in [5, 5.41) is 0. The zero-order valence-corrected chi connectivity index (χ0v) is 15.4. The number of hydrogen-bond acceptors (Lipinski definition) is 4. The Labute approximate surface area is 151 Å². The third kappa shape index (κ3) is 4.30. The van der Waals surface area contributed by atoms with Gasteiger partial charge in [0.15, 0.2) is 0 Å². The molecule has 3 aliphatic carbocycles. The van der Waals surface area contributed by atoms with Crippen LogP contribution in [0.3, 0.4) is 0 Å². The minimum atomic E-state index is -0.249. The summed E-state index contributed by atoms with van der Waals surface area (Å²) in [7, 11) is 0. The maximum atomic E-state index is 11.4. The lowest BCUT2D eigenvalue weighted by molar-refractivity contribution is 0.0433. The molecule has 3 rings (SSSR count). The average Bonchev–Trinajstić information content (AvgIpc) is 2.66. The average molecular weight is 344 g/mol. The number of hydrogen-bond donors (Lipinski definition) is 0. The van der Waals surface area contributed by atoms with Gasteiger partial charge in [0.25, 0.3) is 0 Å². The number of isocyanates is 2. The van der Waals surface area contributed by atoms with Gasteiger partial charge in [-0.15, -0.1) is 0 Å². The largest absolute Gasteiger partial charge is 0.235 e. The SMILES string of the molecule is O=C=NC1CCC(N=C=O)(C(C2CCCCC2)C2CCCCC2)CC1. The fourth-order valence-corrected chi connectivity index (χ4v) is 6.17. The summed E-state index contributed by atoms with van der Waals surface area (Å²) < 4.78 is 0. The summed E-state index contributed by atoms with van der Waals surface area (Å²) in [6.45, 7) is 0. The molecule has 0 atom stereocenters. The van der Waals surface area contributed by atoms with E-state index in [1.165, 1.54) is 64.2 Å². The van der Waals surface area contributed by atoms with Gasteiger partial charge in [-0.1, -0.05) is 64.2 Å². The van der Waals surface area contributed by atoms with Crippen LogP contribution in [0.2, 0.25) is 0 Å². The molecule has 0 saturated heterocycles. The molecule has 4 nitrogen and oxygen atoms in total. The second-order valence-electron chi connectivity index (χ2n) is 8.58. The maximum Gasteiger partial charge on any atom is 0.235 e. The Morgan fingerprint density at radius 1 is 0.720 bits per heavy atom. The summed E-state index contributed by atoms with van der Waals surface area (Å²) in [5.41, 5.74) is -0.249. The van der Waals surface area contributed by atoms with Crippen LogP contribution in [0.5, 0.6) is 0 Å². The Morgan fingerprint density at radius 2 is 1.24 bits per heavy atom. The van der Waals surface area contributed by atoms with Crippen molar-refractivity contribution in [3.63, 3.8) is 0 Å². The van der Waals surface area contributed by atoms with Crippen LogP contribution in [0.25, 0.3) is 0 Å². The number of rotatable bonds is 5. The van der Waals surface area contributed by atoms with Crippen molar-refractivity contribution < 1.29 is 9.59 Å². The van der Waals surface area contributed by atoms with E-state index in [2.05, 4.69) is 9.98 Å². The third-order valence-corrected chi connectivity index (χ3v) is 7.26. The van der Waals surface area contributed by atoms with Crippen LogP contribution in [0, 0.1) is 17.8 Å². The molecule has 0 unspecified atom stereocenters. The minimum Gasteiger partial charge on any atom is -0.211 e. The van der Waals surface area contributed by atoms with Crippen molar-refractivity contribution in [1.82, 2.24) is 0 Å². The van der Waals surface area contributed by atoms with Crippen molar-refractivity contribution >= 4 is 12.2 Å². The molecular formula is C21H32N2O2. The third-order valence-electron chi connectivity index (χ3n) is 7.26. The smallest absolute Gasteiger partial charge is 0.211 e. The van der Waals surface area contributed by atoms with Crippen LogP contribution in [-0.2, 0) is 9.59 Å². The fourth-order valence-electron chi connectivity index (χ4n) is 6.17. The first-order valence-electron chi connectivity index (χ1n) is 10.4. The Morgan fingerprint density at radius 3 is 1.68 bits per heavy atom. The Balaban J connectivity index is 1.86. The first-order chi connectivity index (χ1) is 12.3. The molecular weight excluding hydrogens is 312 g/mol. The van der Waals surface area contributed by atoms with Crippen molar-refractivity contribution in [1.29, 1.82) is 0 Å². The molecule has 0 aromatic carbocycles. The molecule has 0 radical (unpaired) electrons. The highest BCUT2D eigenvalue weighted by molar-refractivity contribution is 5.36. The zero-order valence-electron chi connectivity index (χ0n) is 15.4. The fraction of sp³-hybridized carbons (Fsp3) is 0.905. The highest BCUT2D eigenvalue weighted by Crippen LogP contribution is 2.51. The van der Waals surface area contributed by atoms with E-state index in [0.717, 1.165) is 25.7 Å². The van der Waals surface area contributed by atoms with E-state index in [9.17, 15) is 9.59 Å². The van der Waals surface area contributed by atoms with Gasteiger partial charge in [-0.3, -0.25) is 0 Å². The molecule has 25 heavy (non-hydrogen) atoms. The summed E-state index contributed by atoms with van der Waals surface area (Å²) in [6, 6.07) is 0.0749. The van der Waals surface area contributed by atoms with E-state index in [4.69, 9.17) is 0 Å². The summed E-state index contributed by atoms with van der Waals surface area (Å²) in [4.78, 5) is 30.5.